The summed E-state index contributed by atoms with van der Waals surface area (Å²) < 4.78 is 37.5. The summed E-state index contributed by atoms with van der Waals surface area (Å²) in [6, 6.07) is 5.78. The lowest BCUT2D eigenvalue weighted by Crippen LogP contribution is -2.57. The molecule has 3 rings (SSSR count). The summed E-state index contributed by atoms with van der Waals surface area (Å²) in [6.07, 6.45) is 1.78. The summed E-state index contributed by atoms with van der Waals surface area (Å²) in [4.78, 5) is 13.3. The minimum atomic E-state index is -4.27. The molecule has 2 aliphatic heterocycles. The summed E-state index contributed by atoms with van der Waals surface area (Å²) in [7, 11) is -2.05. The van der Waals surface area contributed by atoms with Crippen LogP contribution in [0.1, 0.15) is 18.4 Å². The standard InChI is InChI=1S/C10H19N2O2.C7H8O3S/c1-12(5-7-14-8-6-12)9-11-4-2-3-10(11)13;1-6-2-4-7(5-3-6)11(8,9)10/h2-9H2,1H3;2-5H,1H3,(H,8,9,10)/q+1;/p-1. The Kier molecular flexibility index (Phi) is 6.56. The number of hydrogen-bond donors (Lipinski definition) is 0. The zero-order valence-electron chi connectivity index (χ0n) is 14.8. The zero-order valence-corrected chi connectivity index (χ0v) is 15.6. The number of carbonyl (C=O) groups is 1. The number of aryl methyl sites for hydroxylation is 1. The molecule has 0 radical (unpaired) electrons. The number of hydrogen-bond acceptors (Lipinski definition) is 5. The molecule has 0 aromatic heterocycles. The minimum Gasteiger partial charge on any atom is -0.744 e. The van der Waals surface area contributed by atoms with Gasteiger partial charge < -0.3 is 13.8 Å². The van der Waals surface area contributed by atoms with Crippen molar-refractivity contribution >= 4 is 16.0 Å². The van der Waals surface area contributed by atoms with Gasteiger partial charge in [0.25, 0.3) is 0 Å². The van der Waals surface area contributed by atoms with Gasteiger partial charge in [-0.05, 0) is 25.5 Å². The molecule has 8 heteroatoms. The van der Waals surface area contributed by atoms with Crippen molar-refractivity contribution in [2.75, 3.05) is 46.6 Å². The number of benzene rings is 1. The number of quaternary nitrogens is 1. The molecule has 2 heterocycles. The Morgan fingerprint density at radius 2 is 1.80 bits per heavy atom. The number of rotatable bonds is 3. The largest absolute Gasteiger partial charge is 0.744 e. The van der Waals surface area contributed by atoms with Crippen molar-refractivity contribution in [3.8, 4) is 0 Å². The molecular weight excluding hydrogens is 344 g/mol. The van der Waals surface area contributed by atoms with Crippen LogP contribution in [0.3, 0.4) is 0 Å². The third-order valence-corrected chi connectivity index (χ3v) is 5.39. The molecule has 7 nitrogen and oxygen atoms in total. The van der Waals surface area contributed by atoms with E-state index >= 15 is 0 Å². The lowest BCUT2D eigenvalue weighted by atomic mass is 10.2. The van der Waals surface area contributed by atoms with Crippen molar-refractivity contribution < 1.29 is 27.0 Å². The number of nitrogens with zero attached hydrogens (tertiary/aromatic N) is 2. The first-order valence-corrected chi connectivity index (χ1v) is 9.82. The highest BCUT2D eigenvalue weighted by Crippen LogP contribution is 2.15. The maximum absolute atomic E-state index is 11.5. The van der Waals surface area contributed by atoms with E-state index in [1.807, 2.05) is 11.8 Å². The molecule has 2 saturated heterocycles. The topological polar surface area (TPSA) is 86.7 Å². The van der Waals surface area contributed by atoms with E-state index in [1.54, 1.807) is 12.1 Å². The van der Waals surface area contributed by atoms with Crippen LogP contribution in [0.4, 0.5) is 0 Å². The van der Waals surface area contributed by atoms with E-state index in [1.165, 1.54) is 12.1 Å². The molecule has 1 aromatic carbocycles. The molecule has 25 heavy (non-hydrogen) atoms. The third-order valence-electron chi connectivity index (χ3n) is 4.54. The molecular formula is C17H26N2O5S. The Morgan fingerprint density at radius 3 is 2.28 bits per heavy atom. The van der Waals surface area contributed by atoms with Gasteiger partial charge in [-0.3, -0.25) is 9.69 Å². The summed E-state index contributed by atoms with van der Waals surface area (Å²) in [5.74, 6) is 0.329. The van der Waals surface area contributed by atoms with E-state index in [0.717, 1.165) is 62.4 Å². The van der Waals surface area contributed by atoms with Crippen LogP contribution in [0.25, 0.3) is 0 Å². The molecule has 2 aliphatic rings. The van der Waals surface area contributed by atoms with Crippen molar-refractivity contribution in [3.05, 3.63) is 29.8 Å². The van der Waals surface area contributed by atoms with Gasteiger partial charge in [0.2, 0.25) is 5.91 Å². The number of morpholine rings is 1. The van der Waals surface area contributed by atoms with Crippen LogP contribution in [0.5, 0.6) is 0 Å². The number of ether oxygens (including phenoxy) is 1. The highest BCUT2D eigenvalue weighted by molar-refractivity contribution is 7.85. The molecule has 0 N–H and O–H groups in total. The molecule has 0 spiro atoms. The molecule has 0 saturated carbocycles. The second kappa shape index (κ2) is 8.27. The lowest BCUT2D eigenvalue weighted by Gasteiger charge is -2.39. The number of likely N-dealkylation sites (tertiary alicyclic amines) is 1. The van der Waals surface area contributed by atoms with Crippen molar-refractivity contribution in [3.63, 3.8) is 0 Å². The van der Waals surface area contributed by atoms with Crippen LogP contribution in [-0.4, -0.2) is 74.8 Å². The highest BCUT2D eigenvalue weighted by atomic mass is 32.2. The van der Waals surface area contributed by atoms with Crippen LogP contribution in [0.15, 0.2) is 29.2 Å². The van der Waals surface area contributed by atoms with Crippen molar-refractivity contribution in [2.45, 2.75) is 24.7 Å². The molecule has 0 unspecified atom stereocenters. The van der Waals surface area contributed by atoms with Crippen molar-refractivity contribution in [1.29, 1.82) is 0 Å². The van der Waals surface area contributed by atoms with Gasteiger partial charge in [-0.2, -0.15) is 0 Å². The van der Waals surface area contributed by atoms with Gasteiger partial charge in [-0.25, -0.2) is 8.42 Å². The molecule has 0 aliphatic carbocycles. The summed E-state index contributed by atoms with van der Waals surface area (Å²) in [6.45, 7) is 7.38. The third kappa shape index (κ3) is 6.07. The van der Waals surface area contributed by atoms with E-state index in [0.29, 0.717) is 5.91 Å². The Bertz CT molecular complexity index is 681. The molecule has 140 valence electrons. The highest BCUT2D eigenvalue weighted by Gasteiger charge is 2.31. The van der Waals surface area contributed by atoms with Gasteiger partial charge in [-0.1, -0.05) is 17.7 Å². The monoisotopic (exact) mass is 370 g/mol. The number of likely N-dealkylation sites (N-methyl/N-ethyl adjacent to an activating group) is 1. The first-order chi connectivity index (χ1) is 11.7. The Balaban J connectivity index is 0.000000186. The van der Waals surface area contributed by atoms with E-state index in [-0.39, 0.29) is 4.90 Å². The lowest BCUT2D eigenvalue weighted by molar-refractivity contribution is -0.924. The van der Waals surface area contributed by atoms with Crippen LogP contribution in [0, 0.1) is 6.92 Å². The molecule has 0 bridgehead atoms. The Hall–Kier alpha value is -1.48. The second-order valence-corrected chi connectivity index (χ2v) is 8.23. The van der Waals surface area contributed by atoms with Gasteiger partial charge in [-0.15, -0.1) is 0 Å². The minimum absolute atomic E-state index is 0.178. The summed E-state index contributed by atoms with van der Waals surface area (Å²) >= 11 is 0. The fourth-order valence-electron chi connectivity index (χ4n) is 2.90. The van der Waals surface area contributed by atoms with Crippen LogP contribution in [0.2, 0.25) is 0 Å². The van der Waals surface area contributed by atoms with Gasteiger partial charge in [0.15, 0.2) is 6.67 Å². The fraction of sp³-hybridized carbons (Fsp3) is 0.588. The van der Waals surface area contributed by atoms with Crippen molar-refractivity contribution in [1.82, 2.24) is 4.90 Å². The van der Waals surface area contributed by atoms with Gasteiger partial charge >= 0.3 is 0 Å². The smallest absolute Gasteiger partial charge is 0.226 e. The summed E-state index contributed by atoms with van der Waals surface area (Å²) in [5.41, 5.74) is 0.928. The van der Waals surface area contributed by atoms with Crippen LogP contribution in [-0.2, 0) is 19.6 Å². The Morgan fingerprint density at radius 1 is 1.20 bits per heavy atom. The number of carbonyl (C=O) groups excluding carboxylic acids is 1. The van der Waals surface area contributed by atoms with E-state index < -0.39 is 10.1 Å². The first kappa shape index (κ1) is 19.8. The average Bonchev–Trinajstić information content (AvgIpc) is 2.93. The van der Waals surface area contributed by atoms with Gasteiger partial charge in [0.1, 0.15) is 23.2 Å². The fourth-order valence-corrected chi connectivity index (χ4v) is 3.37. The van der Waals surface area contributed by atoms with E-state index in [4.69, 9.17) is 4.74 Å². The van der Waals surface area contributed by atoms with Gasteiger partial charge in [0, 0.05) is 13.0 Å². The van der Waals surface area contributed by atoms with E-state index in [9.17, 15) is 17.8 Å². The van der Waals surface area contributed by atoms with Crippen LogP contribution < -0.4 is 0 Å². The van der Waals surface area contributed by atoms with Crippen molar-refractivity contribution in [2.24, 2.45) is 0 Å². The zero-order chi connectivity index (χ0) is 18.5. The molecule has 1 amide bonds. The quantitative estimate of drug-likeness (QED) is 0.584. The maximum atomic E-state index is 11.5. The predicted octanol–water partition coefficient (Wildman–Crippen LogP) is 0.942. The Labute approximate surface area is 149 Å². The van der Waals surface area contributed by atoms with Gasteiger partial charge in [0.05, 0.1) is 25.2 Å². The maximum Gasteiger partial charge on any atom is 0.226 e. The molecule has 1 aromatic rings. The predicted molar refractivity (Wildman–Crippen MR) is 91.7 cm³/mol. The number of amides is 1. The summed E-state index contributed by atoms with van der Waals surface area (Å²) in [5, 5.41) is 0. The molecule has 2 fully saturated rings. The van der Waals surface area contributed by atoms with E-state index in [2.05, 4.69) is 7.05 Å². The average molecular weight is 370 g/mol. The SMILES string of the molecule is C[N+]1(CN2CCCC2=O)CCOCC1.Cc1ccc(S(=O)(=O)[O-])cc1. The first-order valence-electron chi connectivity index (χ1n) is 8.41. The molecule has 0 atom stereocenters. The second-order valence-electron chi connectivity index (χ2n) is 6.85. The normalized spacial score (nSPS) is 20.1. The van der Waals surface area contributed by atoms with Crippen LogP contribution >= 0.6 is 0 Å².